The maximum absolute atomic E-state index is 8.99. The second kappa shape index (κ2) is 7.61. The first-order chi connectivity index (χ1) is 11.2. The molecule has 0 atom stereocenters. The van der Waals surface area contributed by atoms with Gasteiger partial charge >= 0.3 is 0 Å². The fourth-order valence-electron chi connectivity index (χ4n) is 3.24. The van der Waals surface area contributed by atoms with Crippen LogP contribution < -0.4 is 9.80 Å². The molecule has 0 unspecified atom stereocenters. The van der Waals surface area contributed by atoms with Gasteiger partial charge in [0, 0.05) is 16.1 Å². The Bertz CT molecular complexity index is 683. The van der Waals surface area contributed by atoms with E-state index in [-0.39, 0.29) is 0 Å². The minimum atomic E-state index is 0.758. The normalized spacial score (nSPS) is 20.9. The molecule has 0 bridgehead atoms. The van der Waals surface area contributed by atoms with Crippen molar-refractivity contribution in [3.05, 3.63) is 70.2 Å². The Morgan fingerprint density at radius 3 is 2.09 bits per heavy atom. The predicted octanol–water partition coefficient (Wildman–Crippen LogP) is 0.695. The van der Waals surface area contributed by atoms with Crippen LogP contribution in [0.5, 0.6) is 0 Å². The molecule has 0 radical (unpaired) electrons. The largest absolute Gasteiger partial charge is 0.322 e. The van der Waals surface area contributed by atoms with Crippen LogP contribution in [0.15, 0.2) is 48.5 Å². The molecule has 118 valence electrons. The smallest absolute Gasteiger partial charge is 0.127 e. The number of benzene rings is 2. The molecule has 2 N–H and O–H groups in total. The minimum absolute atomic E-state index is 0.758. The molecular formula is C19H22ClN3+2. The van der Waals surface area contributed by atoms with Crippen molar-refractivity contribution >= 4 is 11.6 Å². The van der Waals surface area contributed by atoms with Crippen molar-refractivity contribution in [2.24, 2.45) is 0 Å². The first kappa shape index (κ1) is 16.0. The Balaban J connectivity index is 1.50. The zero-order chi connectivity index (χ0) is 16.1. The maximum Gasteiger partial charge on any atom is 0.127 e. The van der Waals surface area contributed by atoms with Gasteiger partial charge in [-0.3, -0.25) is 0 Å². The SMILES string of the molecule is N#Cc1cccc(C[NH+]2CC[NH+](Cc3ccc(Cl)cc3)CC2)c1. The molecule has 0 aromatic heterocycles. The van der Waals surface area contributed by atoms with Crippen molar-refractivity contribution in [1.82, 2.24) is 0 Å². The molecule has 2 aromatic carbocycles. The summed E-state index contributed by atoms with van der Waals surface area (Å²) in [7, 11) is 0. The predicted molar refractivity (Wildman–Crippen MR) is 91.4 cm³/mol. The molecule has 3 nitrogen and oxygen atoms in total. The summed E-state index contributed by atoms with van der Waals surface area (Å²) < 4.78 is 0. The zero-order valence-corrected chi connectivity index (χ0v) is 13.9. The summed E-state index contributed by atoms with van der Waals surface area (Å²) in [6.07, 6.45) is 0. The van der Waals surface area contributed by atoms with Crippen LogP contribution in [0.1, 0.15) is 16.7 Å². The minimum Gasteiger partial charge on any atom is -0.322 e. The number of hydrogen-bond acceptors (Lipinski definition) is 1. The van der Waals surface area contributed by atoms with E-state index >= 15 is 0 Å². The lowest BCUT2D eigenvalue weighted by molar-refractivity contribution is -1.02. The molecule has 23 heavy (non-hydrogen) atoms. The van der Waals surface area contributed by atoms with Gasteiger partial charge < -0.3 is 9.80 Å². The van der Waals surface area contributed by atoms with E-state index in [9.17, 15) is 0 Å². The molecule has 1 aliphatic rings. The molecule has 0 amide bonds. The molecule has 0 spiro atoms. The van der Waals surface area contributed by atoms with Crippen molar-refractivity contribution in [3.8, 4) is 6.07 Å². The maximum atomic E-state index is 8.99. The fourth-order valence-corrected chi connectivity index (χ4v) is 3.37. The lowest BCUT2D eigenvalue weighted by atomic mass is 10.1. The first-order valence-electron chi connectivity index (χ1n) is 8.13. The summed E-state index contributed by atoms with van der Waals surface area (Å²) in [5.41, 5.74) is 3.38. The number of nitriles is 1. The molecule has 3 rings (SSSR count). The van der Waals surface area contributed by atoms with E-state index in [0.717, 1.165) is 23.7 Å². The Morgan fingerprint density at radius 2 is 1.48 bits per heavy atom. The summed E-state index contributed by atoms with van der Waals surface area (Å²) in [5, 5.41) is 9.79. The van der Waals surface area contributed by atoms with Crippen LogP contribution in [0.2, 0.25) is 5.02 Å². The Morgan fingerprint density at radius 1 is 0.870 bits per heavy atom. The van der Waals surface area contributed by atoms with Gasteiger partial charge in [0.1, 0.15) is 39.3 Å². The van der Waals surface area contributed by atoms with Crippen LogP contribution in [-0.2, 0) is 13.1 Å². The average molecular weight is 328 g/mol. The molecule has 0 aliphatic carbocycles. The van der Waals surface area contributed by atoms with Crippen LogP contribution in [-0.4, -0.2) is 26.2 Å². The average Bonchev–Trinajstić information content (AvgIpc) is 2.59. The molecule has 1 fully saturated rings. The topological polar surface area (TPSA) is 32.7 Å². The van der Waals surface area contributed by atoms with E-state index in [1.807, 2.05) is 30.3 Å². The Labute approximate surface area is 142 Å². The third-order valence-corrected chi connectivity index (χ3v) is 4.79. The Hall–Kier alpha value is -1.86. The number of hydrogen-bond donors (Lipinski definition) is 2. The van der Waals surface area contributed by atoms with E-state index in [4.69, 9.17) is 16.9 Å². The van der Waals surface area contributed by atoms with Crippen molar-refractivity contribution in [3.63, 3.8) is 0 Å². The molecule has 1 heterocycles. The highest BCUT2D eigenvalue weighted by atomic mass is 35.5. The summed E-state index contributed by atoms with van der Waals surface area (Å²) >= 11 is 5.94. The fraction of sp³-hybridized carbons (Fsp3) is 0.316. The van der Waals surface area contributed by atoms with Gasteiger partial charge in [-0.05, 0) is 24.3 Å². The molecule has 1 saturated heterocycles. The van der Waals surface area contributed by atoms with Crippen LogP contribution in [0.3, 0.4) is 0 Å². The number of nitrogens with zero attached hydrogens (tertiary/aromatic N) is 1. The van der Waals surface area contributed by atoms with Gasteiger partial charge in [-0.1, -0.05) is 35.9 Å². The van der Waals surface area contributed by atoms with E-state index < -0.39 is 0 Å². The van der Waals surface area contributed by atoms with Gasteiger partial charge in [0.05, 0.1) is 11.6 Å². The summed E-state index contributed by atoms with van der Waals surface area (Å²) in [5.74, 6) is 0. The van der Waals surface area contributed by atoms with Crippen LogP contribution in [0.25, 0.3) is 0 Å². The molecule has 0 saturated carbocycles. The molecule has 2 aromatic rings. The van der Waals surface area contributed by atoms with Crippen LogP contribution in [0, 0.1) is 11.3 Å². The summed E-state index contributed by atoms with van der Waals surface area (Å²) in [4.78, 5) is 3.25. The number of quaternary nitrogens is 2. The zero-order valence-electron chi connectivity index (χ0n) is 13.2. The van der Waals surface area contributed by atoms with Crippen LogP contribution in [0.4, 0.5) is 0 Å². The van der Waals surface area contributed by atoms with Crippen molar-refractivity contribution in [2.45, 2.75) is 13.1 Å². The third-order valence-electron chi connectivity index (χ3n) is 4.54. The third kappa shape index (κ3) is 4.56. The lowest BCUT2D eigenvalue weighted by Gasteiger charge is -2.29. The highest BCUT2D eigenvalue weighted by Crippen LogP contribution is 2.08. The van der Waals surface area contributed by atoms with Gasteiger partial charge in [0.25, 0.3) is 0 Å². The van der Waals surface area contributed by atoms with E-state index in [0.29, 0.717) is 0 Å². The second-order valence-corrected chi connectivity index (χ2v) is 6.73. The van der Waals surface area contributed by atoms with E-state index in [2.05, 4.69) is 24.3 Å². The number of rotatable bonds is 4. The van der Waals surface area contributed by atoms with Gasteiger partial charge in [0.2, 0.25) is 0 Å². The Kier molecular flexibility index (Phi) is 5.30. The molecule has 4 heteroatoms. The van der Waals surface area contributed by atoms with Gasteiger partial charge in [-0.15, -0.1) is 0 Å². The second-order valence-electron chi connectivity index (χ2n) is 6.29. The van der Waals surface area contributed by atoms with Crippen molar-refractivity contribution < 1.29 is 9.80 Å². The molecule has 1 aliphatic heterocycles. The van der Waals surface area contributed by atoms with Crippen molar-refractivity contribution in [2.75, 3.05) is 26.2 Å². The van der Waals surface area contributed by atoms with Gasteiger partial charge in [-0.2, -0.15) is 5.26 Å². The molecular weight excluding hydrogens is 306 g/mol. The first-order valence-corrected chi connectivity index (χ1v) is 8.51. The number of nitrogens with one attached hydrogen (secondary N) is 2. The van der Waals surface area contributed by atoms with Crippen LogP contribution >= 0.6 is 11.6 Å². The summed E-state index contributed by atoms with van der Waals surface area (Å²) in [6, 6.07) is 18.4. The van der Waals surface area contributed by atoms with Crippen molar-refractivity contribution in [1.29, 1.82) is 5.26 Å². The van der Waals surface area contributed by atoms with Gasteiger partial charge in [0.15, 0.2) is 0 Å². The number of halogens is 1. The van der Waals surface area contributed by atoms with E-state index in [1.54, 1.807) is 9.80 Å². The highest BCUT2D eigenvalue weighted by molar-refractivity contribution is 6.30. The van der Waals surface area contributed by atoms with E-state index in [1.165, 1.54) is 37.3 Å². The lowest BCUT2D eigenvalue weighted by Crippen LogP contribution is -3.27. The number of piperazine rings is 1. The monoisotopic (exact) mass is 327 g/mol. The quantitative estimate of drug-likeness (QED) is 0.851. The highest BCUT2D eigenvalue weighted by Gasteiger charge is 2.23. The summed E-state index contributed by atoms with van der Waals surface area (Å²) in [6.45, 7) is 6.84. The standard InChI is InChI=1S/C19H20ClN3/c20-19-6-4-16(5-7-19)14-22-8-10-23(11-9-22)15-18-3-1-2-17(12-18)13-21/h1-7,12H,8-11,14-15H2/p+2. The van der Waals surface area contributed by atoms with Gasteiger partial charge in [-0.25, -0.2) is 0 Å².